The van der Waals surface area contributed by atoms with Crippen LogP contribution in [0.1, 0.15) is 0 Å². The number of hydrogen-bond acceptors (Lipinski definition) is 4. The van der Waals surface area contributed by atoms with Crippen LogP contribution in [-0.4, -0.2) is 23.1 Å². The van der Waals surface area contributed by atoms with Crippen molar-refractivity contribution in [2.75, 3.05) is 6.26 Å². The van der Waals surface area contributed by atoms with Crippen LogP contribution in [0.15, 0.2) is 34.1 Å². The second-order valence-corrected chi connectivity index (χ2v) is 6.24. The second-order valence-electron chi connectivity index (χ2n) is 2.75. The zero-order chi connectivity index (χ0) is 11.0. The molecule has 0 saturated carbocycles. The summed E-state index contributed by atoms with van der Waals surface area (Å²) in [6.45, 7) is 0. The van der Waals surface area contributed by atoms with Crippen LogP contribution in [0.25, 0.3) is 0 Å². The zero-order valence-corrected chi connectivity index (χ0v) is 8.89. The van der Waals surface area contributed by atoms with Gasteiger partial charge in [0.2, 0.25) is 0 Å². The average molecular weight is 234 g/mol. The van der Waals surface area contributed by atoms with Gasteiger partial charge in [0.1, 0.15) is 0 Å². The minimum atomic E-state index is -4.10. The SMILES string of the molecule is CS(=O)(=O)c1cccc(S([NH])(=O)=O)c1. The van der Waals surface area contributed by atoms with Gasteiger partial charge in [-0.1, -0.05) is 6.07 Å². The molecule has 1 radical (unpaired) electrons. The van der Waals surface area contributed by atoms with Gasteiger partial charge >= 0.3 is 0 Å². The van der Waals surface area contributed by atoms with E-state index in [1.807, 2.05) is 0 Å². The monoisotopic (exact) mass is 234 g/mol. The van der Waals surface area contributed by atoms with Gasteiger partial charge in [-0.2, -0.15) is 0 Å². The van der Waals surface area contributed by atoms with Crippen LogP contribution in [-0.2, 0) is 19.9 Å². The Balaban J connectivity index is 3.44. The van der Waals surface area contributed by atoms with Gasteiger partial charge in [0, 0.05) is 6.26 Å². The molecule has 0 unspecified atom stereocenters. The van der Waals surface area contributed by atoms with Crippen LogP contribution in [0.4, 0.5) is 0 Å². The summed E-state index contributed by atoms with van der Waals surface area (Å²) < 4.78 is 43.7. The summed E-state index contributed by atoms with van der Waals surface area (Å²) in [4.78, 5) is -0.425. The number of nitrogens with one attached hydrogen (secondary N) is 1. The van der Waals surface area contributed by atoms with Gasteiger partial charge in [0.25, 0.3) is 10.0 Å². The minimum absolute atomic E-state index is 0.106. The Morgan fingerprint density at radius 1 is 1.07 bits per heavy atom. The van der Waals surface area contributed by atoms with E-state index in [-0.39, 0.29) is 9.79 Å². The molecule has 0 spiro atoms. The lowest BCUT2D eigenvalue weighted by Crippen LogP contribution is -2.03. The molecule has 0 saturated heterocycles. The van der Waals surface area contributed by atoms with Crippen molar-refractivity contribution >= 4 is 19.9 Å². The lowest BCUT2D eigenvalue weighted by molar-refractivity contribution is 0.595. The van der Waals surface area contributed by atoms with Crippen LogP contribution >= 0.6 is 0 Å². The molecule has 14 heavy (non-hydrogen) atoms. The molecule has 0 bridgehead atoms. The summed E-state index contributed by atoms with van der Waals surface area (Å²) in [6, 6.07) is 4.72. The second kappa shape index (κ2) is 3.34. The smallest absolute Gasteiger partial charge is 0.224 e. The molecule has 1 N–H and O–H groups in total. The summed E-state index contributed by atoms with van der Waals surface area (Å²) >= 11 is 0. The minimum Gasteiger partial charge on any atom is -0.224 e. The lowest BCUT2D eigenvalue weighted by atomic mass is 10.4. The first kappa shape index (κ1) is 11.2. The molecule has 0 fully saturated rings. The predicted molar refractivity (Wildman–Crippen MR) is 49.8 cm³/mol. The number of sulfone groups is 1. The van der Waals surface area contributed by atoms with Gasteiger partial charge in [-0.3, -0.25) is 0 Å². The summed E-state index contributed by atoms with van der Waals surface area (Å²) in [7, 11) is -7.53. The molecule has 0 aromatic heterocycles. The van der Waals surface area contributed by atoms with Crippen molar-refractivity contribution in [3.8, 4) is 0 Å². The Hall–Kier alpha value is -0.920. The van der Waals surface area contributed by atoms with Crippen LogP contribution < -0.4 is 5.14 Å². The van der Waals surface area contributed by atoms with Crippen molar-refractivity contribution in [1.82, 2.24) is 5.14 Å². The van der Waals surface area contributed by atoms with E-state index in [4.69, 9.17) is 5.14 Å². The summed E-state index contributed by atoms with van der Waals surface area (Å²) in [5.74, 6) is 0. The fourth-order valence-corrected chi connectivity index (χ4v) is 2.15. The molecule has 1 aromatic rings. The van der Waals surface area contributed by atoms with E-state index in [1.165, 1.54) is 18.2 Å². The van der Waals surface area contributed by atoms with E-state index in [1.54, 1.807) is 0 Å². The van der Waals surface area contributed by atoms with Crippen molar-refractivity contribution in [2.24, 2.45) is 0 Å². The summed E-state index contributed by atoms with van der Waals surface area (Å²) in [5.41, 5.74) is 0. The third-order valence-electron chi connectivity index (χ3n) is 1.54. The molecule has 1 aromatic carbocycles. The van der Waals surface area contributed by atoms with Gasteiger partial charge in [0.05, 0.1) is 9.79 Å². The molecule has 5 nitrogen and oxygen atoms in total. The molecule has 0 atom stereocenters. The predicted octanol–water partition coefficient (Wildman–Crippen LogP) is 0.0617. The standard InChI is InChI=1S/C7H8NO4S2/c1-13(9,10)6-3-2-4-7(5-6)14(8,11)12/h2-5,8H,1H3. The third kappa shape index (κ3) is 2.53. The Kier molecular flexibility index (Phi) is 2.66. The number of benzene rings is 1. The summed E-state index contributed by atoms with van der Waals surface area (Å²) in [6.07, 6.45) is 0.975. The molecule has 77 valence electrons. The fourth-order valence-electron chi connectivity index (χ4n) is 0.872. The van der Waals surface area contributed by atoms with E-state index in [0.29, 0.717) is 0 Å². The first-order chi connectivity index (χ1) is 6.21. The molecule has 0 aliphatic carbocycles. The highest BCUT2D eigenvalue weighted by Gasteiger charge is 2.13. The van der Waals surface area contributed by atoms with Crippen LogP contribution in [0.2, 0.25) is 0 Å². The molecular weight excluding hydrogens is 226 g/mol. The maximum atomic E-state index is 11.1. The van der Waals surface area contributed by atoms with Crippen molar-refractivity contribution in [3.05, 3.63) is 24.3 Å². The van der Waals surface area contributed by atoms with Gasteiger partial charge in [-0.15, -0.1) is 5.14 Å². The quantitative estimate of drug-likeness (QED) is 0.723. The zero-order valence-electron chi connectivity index (χ0n) is 7.26. The largest absolute Gasteiger partial charge is 0.254 e. The van der Waals surface area contributed by atoms with Gasteiger partial charge in [-0.25, -0.2) is 16.8 Å². The van der Waals surface area contributed by atoms with Gasteiger partial charge in [-0.05, 0) is 18.2 Å². The first-order valence-electron chi connectivity index (χ1n) is 3.51. The molecule has 0 heterocycles. The van der Waals surface area contributed by atoms with Crippen molar-refractivity contribution in [1.29, 1.82) is 0 Å². The van der Waals surface area contributed by atoms with E-state index in [2.05, 4.69) is 0 Å². The molecule has 0 aliphatic rings. The third-order valence-corrected chi connectivity index (χ3v) is 3.53. The highest BCUT2D eigenvalue weighted by molar-refractivity contribution is 7.91. The molecule has 0 amide bonds. The topological polar surface area (TPSA) is 92.1 Å². The number of sulfonamides is 1. The van der Waals surface area contributed by atoms with Crippen LogP contribution in [0, 0.1) is 0 Å². The van der Waals surface area contributed by atoms with Crippen molar-refractivity contribution < 1.29 is 16.8 Å². The highest BCUT2D eigenvalue weighted by atomic mass is 32.2. The number of hydrogen-bond donors (Lipinski definition) is 0. The van der Waals surface area contributed by atoms with E-state index in [9.17, 15) is 16.8 Å². The fraction of sp³-hybridized carbons (Fsp3) is 0.143. The van der Waals surface area contributed by atoms with Gasteiger partial charge < -0.3 is 0 Å². The molecule has 1 rings (SSSR count). The van der Waals surface area contributed by atoms with Crippen molar-refractivity contribution in [3.63, 3.8) is 0 Å². The molecule has 0 aliphatic heterocycles. The van der Waals surface area contributed by atoms with E-state index >= 15 is 0 Å². The molecule has 7 heteroatoms. The Labute approximate surface area is 82.5 Å². The van der Waals surface area contributed by atoms with Gasteiger partial charge in [0.15, 0.2) is 9.84 Å². The first-order valence-corrected chi connectivity index (χ1v) is 6.88. The normalized spacial score (nSPS) is 12.7. The average Bonchev–Trinajstić information content (AvgIpc) is 2.01. The molecular formula is C7H8NO4S2. The van der Waals surface area contributed by atoms with Crippen molar-refractivity contribution in [2.45, 2.75) is 9.79 Å². The van der Waals surface area contributed by atoms with Crippen LogP contribution in [0.5, 0.6) is 0 Å². The van der Waals surface area contributed by atoms with E-state index in [0.717, 1.165) is 12.3 Å². The lowest BCUT2D eigenvalue weighted by Gasteiger charge is -2.00. The Bertz CT molecular complexity index is 498. The van der Waals surface area contributed by atoms with E-state index < -0.39 is 19.9 Å². The Morgan fingerprint density at radius 3 is 2.00 bits per heavy atom. The maximum Gasteiger partial charge on any atom is 0.254 e. The van der Waals surface area contributed by atoms with Crippen LogP contribution in [0.3, 0.4) is 0 Å². The number of rotatable bonds is 2. The highest BCUT2D eigenvalue weighted by Crippen LogP contribution is 2.14. The summed E-state index contributed by atoms with van der Waals surface area (Å²) in [5, 5.41) is 6.75. The Morgan fingerprint density at radius 2 is 1.57 bits per heavy atom. The maximum absolute atomic E-state index is 11.1.